The van der Waals surface area contributed by atoms with Gasteiger partial charge in [0.1, 0.15) is 0 Å². The van der Waals surface area contributed by atoms with Gasteiger partial charge in [-0.3, -0.25) is 9.78 Å². The van der Waals surface area contributed by atoms with Crippen LogP contribution in [-0.2, 0) is 20.8 Å². The maximum Gasteiger partial charge on any atom is 0.364 e. The van der Waals surface area contributed by atoms with Crippen molar-refractivity contribution >= 4 is 93.8 Å². The van der Waals surface area contributed by atoms with E-state index in [2.05, 4.69) is 55.6 Å². The number of nitrogens with zero attached hydrogens (tertiary/aromatic N) is 8. The lowest BCUT2D eigenvalue weighted by Crippen LogP contribution is -2.23. The van der Waals surface area contributed by atoms with E-state index in [-0.39, 0.29) is 42.1 Å². The van der Waals surface area contributed by atoms with Crippen molar-refractivity contribution in [2.45, 2.75) is 42.8 Å². The molecule has 0 spiro atoms. The molecular weight excluding hydrogens is 791 g/mol. The molecule has 3 aromatic heterocycles. The van der Waals surface area contributed by atoms with Crippen LogP contribution in [0.3, 0.4) is 0 Å². The second-order valence-corrected chi connectivity index (χ2v) is 12.2. The third-order valence-corrected chi connectivity index (χ3v) is 7.89. The topological polar surface area (TPSA) is 227 Å². The maximum absolute atomic E-state index is 11.9. The van der Waals surface area contributed by atoms with Gasteiger partial charge in [0.15, 0.2) is 16.1 Å². The number of anilines is 1. The quantitative estimate of drug-likeness (QED) is 0.107. The first-order valence-electron chi connectivity index (χ1n) is 14.4. The number of carbonyl (C=O) groups is 3. The van der Waals surface area contributed by atoms with Crippen LogP contribution in [0.1, 0.15) is 57.8 Å². The standard InChI is InChI=1S/C14H14Cl2N4O2S.C7H8ClN3O2S.C7H9N3O3S/c1-3-22-13(21)11-12(18-14(23-2)20-19-11)17-7-8-4-5-9(15)6-10(8)16;1-3-13-6(12)4-5(8)9-7(14-2)11-10-4;1-3-13-6(12)4-5(11)8-7(14-2)10-9-4/h4-6H,3,7H2,1-2H3,(H,17,18,20);3H2,1-2H3;3H2,1-2H3,(H,8,10,11). The molecule has 0 unspecified atom stereocenters. The van der Waals surface area contributed by atoms with Crippen LogP contribution in [0, 0.1) is 0 Å². The van der Waals surface area contributed by atoms with Gasteiger partial charge < -0.3 is 19.5 Å². The number of H-pyrrole nitrogens is 1. The Bertz CT molecular complexity index is 1860. The molecule has 4 rings (SSSR count). The van der Waals surface area contributed by atoms with Gasteiger partial charge in [0.2, 0.25) is 27.4 Å². The van der Waals surface area contributed by atoms with Crippen LogP contribution >= 0.6 is 70.1 Å². The minimum Gasteiger partial charge on any atom is -0.461 e. The van der Waals surface area contributed by atoms with E-state index in [1.807, 2.05) is 6.26 Å². The highest BCUT2D eigenvalue weighted by atomic mass is 35.5. The van der Waals surface area contributed by atoms with E-state index in [4.69, 9.17) is 44.3 Å². The molecule has 0 saturated carbocycles. The van der Waals surface area contributed by atoms with Crippen molar-refractivity contribution in [2.24, 2.45) is 0 Å². The predicted molar refractivity (Wildman–Crippen MR) is 194 cm³/mol. The summed E-state index contributed by atoms with van der Waals surface area (Å²) in [6.45, 7) is 6.13. The maximum atomic E-state index is 11.9. The van der Waals surface area contributed by atoms with E-state index in [1.54, 1.807) is 51.5 Å². The molecule has 0 aliphatic carbocycles. The minimum absolute atomic E-state index is 0.0165. The molecule has 0 aliphatic rings. The zero-order chi connectivity index (χ0) is 37.9. The number of esters is 3. The zero-order valence-corrected chi connectivity index (χ0v) is 32.6. The SMILES string of the molecule is CCOC(=O)c1nnc(SC)[nH]c1=O.CCOC(=O)c1nnc(SC)nc1Cl.CCOC(=O)c1nnc(SC)nc1NCc1ccc(Cl)cc1Cl. The van der Waals surface area contributed by atoms with Crippen LogP contribution in [0.4, 0.5) is 5.82 Å². The highest BCUT2D eigenvalue weighted by Crippen LogP contribution is 2.23. The van der Waals surface area contributed by atoms with Crippen LogP contribution in [0.25, 0.3) is 0 Å². The Kier molecular flexibility index (Phi) is 19.4. The number of thioether (sulfide) groups is 3. The van der Waals surface area contributed by atoms with E-state index in [9.17, 15) is 19.2 Å². The number of aromatic amines is 1. The van der Waals surface area contributed by atoms with Crippen LogP contribution in [0.2, 0.25) is 15.2 Å². The molecule has 23 heteroatoms. The summed E-state index contributed by atoms with van der Waals surface area (Å²) in [5.74, 6) is -1.64. The lowest BCUT2D eigenvalue weighted by Gasteiger charge is -2.11. The van der Waals surface area contributed by atoms with E-state index in [0.29, 0.717) is 37.9 Å². The number of hydrogen-bond acceptors (Lipinski definition) is 19. The molecule has 0 bridgehead atoms. The van der Waals surface area contributed by atoms with Gasteiger partial charge in [-0.2, -0.15) is 0 Å². The van der Waals surface area contributed by atoms with E-state index in [0.717, 1.165) is 5.56 Å². The third-order valence-electron chi connectivity index (χ3n) is 5.39. The Morgan fingerprint density at radius 2 is 1.25 bits per heavy atom. The first-order valence-corrected chi connectivity index (χ1v) is 19.2. The molecular formula is C28H31Cl3N10O7S3. The average Bonchev–Trinajstić information content (AvgIpc) is 3.11. The van der Waals surface area contributed by atoms with Crippen molar-refractivity contribution in [1.29, 1.82) is 0 Å². The van der Waals surface area contributed by atoms with E-state index in [1.165, 1.54) is 35.3 Å². The van der Waals surface area contributed by atoms with Crippen LogP contribution in [-0.4, -0.2) is 102 Å². The van der Waals surface area contributed by atoms with Crippen LogP contribution in [0.15, 0.2) is 38.5 Å². The molecule has 0 aliphatic heterocycles. The minimum atomic E-state index is -0.756. The second kappa shape index (κ2) is 22.9. The number of aromatic nitrogens is 9. The van der Waals surface area contributed by atoms with Gasteiger partial charge in [0, 0.05) is 16.6 Å². The first-order chi connectivity index (χ1) is 24.4. The molecule has 17 nitrogen and oxygen atoms in total. The number of nitrogens with one attached hydrogen (secondary N) is 2. The fourth-order valence-corrected chi connectivity index (χ4v) is 4.80. The highest BCUT2D eigenvalue weighted by Gasteiger charge is 2.19. The van der Waals surface area contributed by atoms with Gasteiger partial charge in [0.05, 0.1) is 19.8 Å². The van der Waals surface area contributed by atoms with E-state index < -0.39 is 23.5 Å². The summed E-state index contributed by atoms with van der Waals surface area (Å²) in [7, 11) is 0. The summed E-state index contributed by atoms with van der Waals surface area (Å²) in [6, 6.07) is 5.19. The molecule has 4 aromatic rings. The number of carbonyl (C=O) groups excluding carboxylic acids is 3. The third kappa shape index (κ3) is 14.0. The molecule has 51 heavy (non-hydrogen) atoms. The number of ether oxygens (including phenoxy) is 3. The lowest BCUT2D eigenvalue weighted by molar-refractivity contribution is 0.0506. The molecule has 0 radical (unpaired) electrons. The van der Waals surface area contributed by atoms with Gasteiger partial charge in [-0.25, -0.2) is 24.4 Å². The number of benzene rings is 1. The number of halogens is 3. The zero-order valence-electron chi connectivity index (χ0n) is 27.9. The van der Waals surface area contributed by atoms with Crippen molar-refractivity contribution in [3.63, 3.8) is 0 Å². The van der Waals surface area contributed by atoms with Crippen molar-refractivity contribution in [1.82, 2.24) is 45.5 Å². The van der Waals surface area contributed by atoms with E-state index >= 15 is 0 Å². The number of hydrogen-bond donors (Lipinski definition) is 2. The molecule has 0 saturated heterocycles. The summed E-state index contributed by atoms with van der Waals surface area (Å²) < 4.78 is 14.3. The lowest BCUT2D eigenvalue weighted by atomic mass is 10.2. The molecule has 274 valence electrons. The number of rotatable bonds is 12. The second-order valence-electron chi connectivity index (χ2n) is 8.70. The summed E-state index contributed by atoms with van der Waals surface area (Å²) in [5.41, 5.74) is -0.0938. The van der Waals surface area contributed by atoms with Gasteiger partial charge in [-0.15, -0.1) is 30.6 Å². The summed E-state index contributed by atoms with van der Waals surface area (Å²) in [6.07, 6.45) is 5.35. The molecule has 0 fully saturated rings. The Morgan fingerprint density at radius 1 is 0.725 bits per heavy atom. The van der Waals surface area contributed by atoms with Crippen molar-refractivity contribution < 1.29 is 28.6 Å². The van der Waals surface area contributed by atoms with Gasteiger partial charge >= 0.3 is 17.9 Å². The molecule has 3 heterocycles. The van der Waals surface area contributed by atoms with Gasteiger partial charge in [0.25, 0.3) is 5.56 Å². The molecule has 0 atom stereocenters. The molecule has 0 amide bonds. The van der Waals surface area contributed by atoms with Crippen molar-refractivity contribution in [2.75, 3.05) is 43.9 Å². The first kappa shape index (κ1) is 43.3. The highest BCUT2D eigenvalue weighted by molar-refractivity contribution is 7.98. The van der Waals surface area contributed by atoms with Crippen LogP contribution < -0.4 is 10.9 Å². The Labute approximate surface area is 319 Å². The Balaban J connectivity index is 0.000000280. The summed E-state index contributed by atoms with van der Waals surface area (Å²) in [5, 5.41) is 27.5. The smallest absolute Gasteiger partial charge is 0.364 e. The Hall–Kier alpha value is -3.82. The van der Waals surface area contributed by atoms with Gasteiger partial charge in [-0.1, -0.05) is 76.2 Å². The normalized spacial score (nSPS) is 10.1. The molecule has 1 aromatic carbocycles. The summed E-state index contributed by atoms with van der Waals surface area (Å²) in [4.78, 5) is 56.0. The molecule has 2 N–H and O–H groups in total. The fraction of sp³-hybridized carbons (Fsp3) is 0.357. The largest absolute Gasteiger partial charge is 0.461 e. The van der Waals surface area contributed by atoms with Crippen molar-refractivity contribution in [3.05, 3.63) is 66.4 Å². The van der Waals surface area contributed by atoms with Gasteiger partial charge in [-0.05, 0) is 57.2 Å². The van der Waals surface area contributed by atoms with Crippen molar-refractivity contribution in [3.8, 4) is 0 Å². The Morgan fingerprint density at radius 3 is 1.76 bits per heavy atom. The monoisotopic (exact) mass is 820 g/mol. The average molecular weight is 822 g/mol. The summed E-state index contributed by atoms with van der Waals surface area (Å²) >= 11 is 21.6. The van der Waals surface area contributed by atoms with Crippen LogP contribution in [0.5, 0.6) is 0 Å². The predicted octanol–water partition coefficient (Wildman–Crippen LogP) is 5.18. The fourth-order valence-electron chi connectivity index (χ4n) is 3.15.